The van der Waals surface area contributed by atoms with Crippen LogP contribution in [0.4, 0.5) is 8.78 Å². The molecule has 1 fully saturated rings. The number of ether oxygens (including phenoxy) is 1. The summed E-state index contributed by atoms with van der Waals surface area (Å²) in [5.74, 6) is -0.943. The second kappa shape index (κ2) is 7.80. The molecule has 2 aromatic carbocycles. The first-order valence-corrected chi connectivity index (χ1v) is 9.11. The first-order valence-electron chi connectivity index (χ1n) is 9.11. The summed E-state index contributed by atoms with van der Waals surface area (Å²) in [5, 5.41) is 6.98. The van der Waals surface area contributed by atoms with E-state index in [9.17, 15) is 13.6 Å². The van der Waals surface area contributed by atoms with Crippen molar-refractivity contribution >= 4 is 5.91 Å². The Balaban J connectivity index is 1.43. The first kappa shape index (κ1) is 18.2. The standard InChI is InChI=1S/C21H19F2N3O2/c22-16-5-8-20(18(23)12-16)28-17-6-3-14(4-7-17)21(27)26-11-1-2-15(13-26)19-9-10-24-25-19/h3-10,12,15H,1-2,11,13H2,(H,24,25). The highest BCUT2D eigenvalue weighted by Gasteiger charge is 2.26. The van der Waals surface area contributed by atoms with Gasteiger partial charge in [-0.1, -0.05) is 0 Å². The summed E-state index contributed by atoms with van der Waals surface area (Å²) in [6, 6.07) is 11.6. The van der Waals surface area contributed by atoms with Crippen molar-refractivity contribution in [3.63, 3.8) is 0 Å². The topological polar surface area (TPSA) is 58.2 Å². The van der Waals surface area contributed by atoms with Gasteiger partial charge in [0.1, 0.15) is 11.6 Å². The molecule has 0 spiro atoms. The van der Waals surface area contributed by atoms with Crippen molar-refractivity contribution in [2.24, 2.45) is 0 Å². The lowest BCUT2D eigenvalue weighted by Crippen LogP contribution is -2.39. The summed E-state index contributed by atoms with van der Waals surface area (Å²) >= 11 is 0. The molecule has 1 aromatic heterocycles. The summed E-state index contributed by atoms with van der Waals surface area (Å²) in [6.45, 7) is 1.35. The Kier molecular flexibility index (Phi) is 5.06. The number of benzene rings is 2. The van der Waals surface area contributed by atoms with Gasteiger partial charge in [0.25, 0.3) is 5.91 Å². The molecule has 1 aliphatic heterocycles. The zero-order valence-corrected chi connectivity index (χ0v) is 15.1. The lowest BCUT2D eigenvalue weighted by Gasteiger charge is -2.32. The molecule has 1 aliphatic rings. The molecule has 1 unspecified atom stereocenters. The number of likely N-dealkylation sites (tertiary alicyclic amines) is 1. The van der Waals surface area contributed by atoms with E-state index in [1.807, 2.05) is 11.0 Å². The summed E-state index contributed by atoms with van der Waals surface area (Å²) in [5.41, 5.74) is 1.58. The molecule has 1 saturated heterocycles. The van der Waals surface area contributed by atoms with Crippen LogP contribution in [-0.2, 0) is 0 Å². The van der Waals surface area contributed by atoms with E-state index in [-0.39, 0.29) is 17.6 Å². The third-order valence-corrected chi connectivity index (χ3v) is 4.89. The minimum Gasteiger partial charge on any atom is -0.454 e. The molecular weight excluding hydrogens is 364 g/mol. The average Bonchev–Trinajstić information content (AvgIpc) is 3.25. The molecule has 28 heavy (non-hydrogen) atoms. The summed E-state index contributed by atoms with van der Waals surface area (Å²) in [7, 11) is 0. The number of nitrogens with zero attached hydrogens (tertiary/aromatic N) is 2. The number of aromatic amines is 1. The van der Waals surface area contributed by atoms with Gasteiger partial charge in [-0.25, -0.2) is 8.78 Å². The normalized spacial score (nSPS) is 16.8. The fraction of sp³-hybridized carbons (Fsp3) is 0.238. The zero-order valence-electron chi connectivity index (χ0n) is 15.1. The summed E-state index contributed by atoms with van der Waals surface area (Å²) in [4.78, 5) is 14.7. The van der Waals surface area contributed by atoms with Gasteiger partial charge in [-0.3, -0.25) is 9.89 Å². The maximum absolute atomic E-state index is 13.7. The highest BCUT2D eigenvalue weighted by molar-refractivity contribution is 5.94. The number of halogens is 2. The number of amides is 1. The minimum atomic E-state index is -0.779. The van der Waals surface area contributed by atoms with Crippen LogP contribution in [0.1, 0.15) is 34.8 Å². The Labute approximate surface area is 160 Å². The van der Waals surface area contributed by atoms with Crippen molar-refractivity contribution in [1.82, 2.24) is 15.1 Å². The maximum Gasteiger partial charge on any atom is 0.253 e. The largest absolute Gasteiger partial charge is 0.454 e. The number of carbonyl (C=O) groups is 1. The van der Waals surface area contributed by atoms with Crippen LogP contribution in [0, 0.1) is 11.6 Å². The van der Waals surface area contributed by atoms with E-state index in [0.717, 1.165) is 30.7 Å². The van der Waals surface area contributed by atoms with Gasteiger partial charge in [0, 0.05) is 42.5 Å². The van der Waals surface area contributed by atoms with Crippen molar-refractivity contribution < 1.29 is 18.3 Å². The van der Waals surface area contributed by atoms with E-state index >= 15 is 0 Å². The van der Waals surface area contributed by atoms with Crippen LogP contribution in [0.2, 0.25) is 0 Å². The first-order chi connectivity index (χ1) is 13.6. The molecule has 2 heterocycles. The fourth-order valence-electron chi connectivity index (χ4n) is 3.44. The predicted molar refractivity (Wildman–Crippen MR) is 99.3 cm³/mol. The van der Waals surface area contributed by atoms with Crippen molar-refractivity contribution in [1.29, 1.82) is 0 Å². The minimum absolute atomic E-state index is 0.0521. The molecule has 1 N–H and O–H groups in total. The van der Waals surface area contributed by atoms with E-state index in [2.05, 4.69) is 10.2 Å². The molecule has 144 valence electrons. The van der Waals surface area contributed by atoms with Crippen LogP contribution in [0.3, 0.4) is 0 Å². The molecule has 0 aliphatic carbocycles. The monoisotopic (exact) mass is 383 g/mol. The highest BCUT2D eigenvalue weighted by atomic mass is 19.1. The van der Waals surface area contributed by atoms with Gasteiger partial charge in [-0.05, 0) is 55.3 Å². The number of aromatic nitrogens is 2. The zero-order chi connectivity index (χ0) is 19.5. The Morgan fingerprint density at radius 2 is 1.96 bits per heavy atom. The number of carbonyl (C=O) groups excluding carboxylic acids is 1. The molecule has 0 saturated carbocycles. The molecule has 1 amide bonds. The van der Waals surface area contributed by atoms with Crippen LogP contribution in [0.15, 0.2) is 54.7 Å². The van der Waals surface area contributed by atoms with E-state index in [1.54, 1.807) is 30.5 Å². The van der Waals surface area contributed by atoms with Gasteiger partial charge in [-0.2, -0.15) is 5.10 Å². The molecular formula is C21H19F2N3O2. The molecule has 0 radical (unpaired) electrons. The van der Waals surface area contributed by atoms with E-state index < -0.39 is 11.6 Å². The van der Waals surface area contributed by atoms with Crippen molar-refractivity contribution in [2.75, 3.05) is 13.1 Å². The van der Waals surface area contributed by atoms with Crippen LogP contribution >= 0.6 is 0 Å². The Hall–Kier alpha value is -3.22. The van der Waals surface area contributed by atoms with Crippen molar-refractivity contribution in [2.45, 2.75) is 18.8 Å². The van der Waals surface area contributed by atoms with Crippen LogP contribution in [0.5, 0.6) is 11.5 Å². The smallest absolute Gasteiger partial charge is 0.253 e. The van der Waals surface area contributed by atoms with E-state index in [1.165, 1.54) is 6.07 Å². The molecule has 7 heteroatoms. The number of rotatable bonds is 4. The van der Waals surface area contributed by atoms with E-state index in [0.29, 0.717) is 24.4 Å². The maximum atomic E-state index is 13.7. The number of piperidine rings is 1. The second-order valence-corrected chi connectivity index (χ2v) is 6.80. The summed E-state index contributed by atoms with van der Waals surface area (Å²) < 4.78 is 32.1. The number of hydrogen-bond donors (Lipinski definition) is 1. The number of H-pyrrole nitrogens is 1. The van der Waals surface area contributed by atoms with Crippen LogP contribution < -0.4 is 4.74 Å². The number of nitrogens with one attached hydrogen (secondary N) is 1. The third-order valence-electron chi connectivity index (χ3n) is 4.89. The lowest BCUT2D eigenvalue weighted by molar-refractivity contribution is 0.0706. The number of hydrogen-bond acceptors (Lipinski definition) is 3. The van der Waals surface area contributed by atoms with Gasteiger partial charge >= 0.3 is 0 Å². The van der Waals surface area contributed by atoms with Crippen molar-refractivity contribution in [3.05, 3.63) is 77.6 Å². The van der Waals surface area contributed by atoms with Crippen molar-refractivity contribution in [3.8, 4) is 11.5 Å². The third kappa shape index (κ3) is 3.88. The predicted octanol–water partition coefficient (Wildman–Crippen LogP) is 4.50. The fourth-order valence-corrected chi connectivity index (χ4v) is 3.44. The molecule has 4 rings (SSSR count). The SMILES string of the molecule is O=C(c1ccc(Oc2ccc(F)cc2F)cc1)N1CCCC(c2ccn[nH]2)C1. The Morgan fingerprint density at radius 3 is 2.68 bits per heavy atom. The second-order valence-electron chi connectivity index (χ2n) is 6.80. The van der Waals surface area contributed by atoms with Gasteiger partial charge in [-0.15, -0.1) is 0 Å². The average molecular weight is 383 g/mol. The van der Waals surface area contributed by atoms with E-state index in [4.69, 9.17) is 4.74 Å². The molecule has 1 atom stereocenters. The van der Waals surface area contributed by atoms with Crippen LogP contribution in [0.25, 0.3) is 0 Å². The highest BCUT2D eigenvalue weighted by Crippen LogP contribution is 2.28. The van der Waals surface area contributed by atoms with Gasteiger partial charge in [0.2, 0.25) is 0 Å². The molecule has 0 bridgehead atoms. The molecule has 5 nitrogen and oxygen atoms in total. The van der Waals surface area contributed by atoms with Gasteiger partial charge < -0.3 is 9.64 Å². The quantitative estimate of drug-likeness (QED) is 0.722. The summed E-state index contributed by atoms with van der Waals surface area (Å²) in [6.07, 6.45) is 3.67. The van der Waals surface area contributed by atoms with Gasteiger partial charge in [0.15, 0.2) is 11.6 Å². The Morgan fingerprint density at radius 1 is 1.14 bits per heavy atom. The Bertz CT molecular complexity index is 958. The molecule has 3 aromatic rings. The van der Waals surface area contributed by atoms with Crippen LogP contribution in [-0.4, -0.2) is 34.1 Å². The van der Waals surface area contributed by atoms with Gasteiger partial charge in [0.05, 0.1) is 0 Å². The lowest BCUT2D eigenvalue weighted by atomic mass is 9.94.